The minimum atomic E-state index is -0.681. The lowest BCUT2D eigenvalue weighted by Gasteiger charge is -2.34. The summed E-state index contributed by atoms with van der Waals surface area (Å²) < 4.78 is 22.3. The summed E-state index contributed by atoms with van der Waals surface area (Å²) in [6.45, 7) is 25.9. The van der Waals surface area contributed by atoms with Gasteiger partial charge in [0.2, 0.25) is 0 Å². The smallest absolute Gasteiger partial charge is 0.434 e. The SMILES string of the molecule is CCCCCCc1cc(-c2cc3c4c(c(-c5cc(CCCCCC)c(C(C)(C)c6ccccc6)s5)cc5c4c2C(=O)N(CCCCCCOC(=O)OC(C)(C)CCCC)C5=O)C(=O)N(CCCCCCOC(=O)OC(C)(C)CCCC)C3=O)sc1C(C)(C)c1ccccc1. The Kier molecular flexibility index (Phi) is 26.0. The van der Waals surface area contributed by atoms with Crippen molar-refractivity contribution in [2.75, 3.05) is 26.3 Å². The van der Waals surface area contributed by atoms with Crippen molar-refractivity contribution in [2.45, 2.75) is 259 Å². The van der Waals surface area contributed by atoms with Gasteiger partial charge >= 0.3 is 12.3 Å². The molecule has 4 amide bonds. The van der Waals surface area contributed by atoms with Crippen LogP contribution in [0.3, 0.4) is 0 Å². The third kappa shape index (κ3) is 17.7. The summed E-state index contributed by atoms with van der Waals surface area (Å²) in [5.74, 6) is -1.82. The number of carbonyl (C=O) groups excluding carboxylic acids is 6. The van der Waals surface area contributed by atoms with Gasteiger partial charge in [-0.1, -0.05) is 180 Å². The molecule has 0 fully saturated rings. The van der Waals surface area contributed by atoms with Crippen LogP contribution in [0.2, 0.25) is 0 Å². The quantitative estimate of drug-likeness (QED) is 0.0209. The van der Waals surface area contributed by atoms with Gasteiger partial charge < -0.3 is 18.9 Å². The van der Waals surface area contributed by atoms with Crippen LogP contribution in [0.4, 0.5) is 9.59 Å². The fourth-order valence-corrected chi connectivity index (χ4v) is 16.3. The first kappa shape index (κ1) is 73.2. The summed E-state index contributed by atoms with van der Waals surface area (Å²) in [7, 11) is 0. The fourth-order valence-electron chi connectivity index (χ4n) is 13.5. The highest BCUT2D eigenvalue weighted by Crippen LogP contribution is 2.52. The molecule has 0 aliphatic carbocycles. The Morgan fingerprint density at radius 1 is 0.404 bits per heavy atom. The van der Waals surface area contributed by atoms with Crippen LogP contribution < -0.4 is 0 Å². The minimum Gasteiger partial charge on any atom is -0.434 e. The van der Waals surface area contributed by atoms with E-state index in [0.717, 1.165) is 124 Å². The third-order valence-corrected chi connectivity index (χ3v) is 22.2. The minimum absolute atomic E-state index is 0.139. The van der Waals surface area contributed by atoms with Crippen LogP contribution in [-0.4, -0.2) is 83.2 Å². The van der Waals surface area contributed by atoms with Crippen LogP contribution >= 0.6 is 22.7 Å². The molecule has 4 aromatic carbocycles. The van der Waals surface area contributed by atoms with Crippen LogP contribution in [-0.2, 0) is 42.6 Å². The van der Waals surface area contributed by atoms with Crippen LogP contribution in [0.25, 0.3) is 31.7 Å². The van der Waals surface area contributed by atoms with E-state index < -0.39 is 58.0 Å². The predicted octanol–water partition coefficient (Wildman–Crippen LogP) is 21.8. The lowest BCUT2D eigenvalue weighted by atomic mass is 9.79. The Bertz CT molecular complexity index is 3340. The number of aryl methyl sites for hydroxylation is 2. The van der Waals surface area contributed by atoms with Crippen molar-refractivity contribution in [1.82, 2.24) is 9.80 Å². The van der Waals surface area contributed by atoms with Gasteiger partial charge in [0, 0.05) is 76.5 Å². The predicted molar refractivity (Wildman–Crippen MR) is 383 cm³/mol. The second kappa shape index (κ2) is 33.4. The molecule has 0 spiro atoms. The van der Waals surface area contributed by atoms with E-state index in [-0.39, 0.29) is 26.3 Å². The van der Waals surface area contributed by atoms with Crippen LogP contribution in [0, 0.1) is 0 Å². The second-order valence-corrected chi connectivity index (χ2v) is 30.6. The van der Waals surface area contributed by atoms with E-state index in [1.165, 1.54) is 30.7 Å². The van der Waals surface area contributed by atoms with Crippen LogP contribution in [0.5, 0.6) is 0 Å². The summed E-state index contributed by atoms with van der Waals surface area (Å²) in [6, 6.07) is 29.2. The van der Waals surface area contributed by atoms with E-state index >= 15 is 19.2 Å². The molecule has 0 saturated carbocycles. The van der Waals surface area contributed by atoms with Crippen molar-refractivity contribution in [3.63, 3.8) is 0 Å². The van der Waals surface area contributed by atoms with Crippen LogP contribution in [0.1, 0.15) is 298 Å². The van der Waals surface area contributed by atoms with Gasteiger partial charge in [-0.3, -0.25) is 29.0 Å². The van der Waals surface area contributed by atoms with Gasteiger partial charge in [-0.15, -0.1) is 22.7 Å². The summed E-state index contributed by atoms with van der Waals surface area (Å²) in [6.07, 6.45) is 19.1. The lowest BCUT2D eigenvalue weighted by molar-refractivity contribution is -0.0228. The van der Waals surface area contributed by atoms with Gasteiger partial charge in [0.15, 0.2) is 0 Å². The number of benzene rings is 4. The van der Waals surface area contributed by atoms with Gasteiger partial charge in [-0.25, -0.2) is 9.59 Å². The highest BCUT2D eigenvalue weighted by atomic mass is 32.1. The van der Waals surface area contributed by atoms with E-state index in [2.05, 4.69) is 116 Å². The van der Waals surface area contributed by atoms with Gasteiger partial charge in [0.05, 0.1) is 24.3 Å². The number of ether oxygens (including phenoxy) is 4. The van der Waals surface area contributed by atoms with Gasteiger partial charge in [0.25, 0.3) is 23.6 Å². The largest absolute Gasteiger partial charge is 0.508 e. The van der Waals surface area contributed by atoms with E-state index in [9.17, 15) is 9.59 Å². The first-order valence-corrected chi connectivity index (χ1v) is 37.1. The average molecular weight is 1320 g/mol. The molecule has 2 aliphatic rings. The van der Waals surface area contributed by atoms with Gasteiger partial charge in [-0.2, -0.15) is 0 Å². The highest BCUT2D eigenvalue weighted by molar-refractivity contribution is 7.16. The lowest BCUT2D eigenvalue weighted by Crippen LogP contribution is -2.44. The molecule has 0 saturated heterocycles. The molecule has 12 nitrogen and oxygen atoms in total. The Morgan fingerprint density at radius 2 is 0.755 bits per heavy atom. The molecule has 4 heterocycles. The standard InChI is InChI=1S/C80H106N2O10S2/c1-13-17-21-29-39-55-51-63(93-69(55)79(9,10)57-41-31-27-32-42-57)59-53-61-66-65-62(72(84)81(73(85)67(59)65)47-35-23-25-37-49-89-75(87)91-77(5,6)45-19-15-3)54-60(64-52-56(40-30-22-18-14-2)70(94-64)80(11,12)58-43-33-28-34-44-58)68(66)74(86)82(71(61)83)48-36-24-26-38-50-90-76(88)92-78(7,8)46-20-16-4/h27-28,31-34,41-44,51-54H,13-26,29-30,35-40,45-50H2,1-12H3. The molecule has 94 heavy (non-hydrogen) atoms. The zero-order valence-electron chi connectivity index (χ0n) is 58.7. The van der Waals surface area contributed by atoms with Crippen molar-refractivity contribution in [3.8, 4) is 20.9 Å². The number of hydrogen-bond acceptors (Lipinski definition) is 12. The third-order valence-electron chi connectivity index (χ3n) is 19.1. The summed E-state index contributed by atoms with van der Waals surface area (Å²) in [5, 5.41) is 0.715. The molecular weight excluding hydrogens is 1210 g/mol. The molecule has 8 rings (SSSR count). The van der Waals surface area contributed by atoms with Crippen molar-refractivity contribution < 1.29 is 47.7 Å². The molecule has 0 unspecified atom stereocenters. The van der Waals surface area contributed by atoms with Gasteiger partial charge in [0.1, 0.15) is 11.2 Å². The molecule has 508 valence electrons. The number of rotatable bonds is 38. The zero-order chi connectivity index (χ0) is 67.8. The topological polar surface area (TPSA) is 146 Å². The monoisotopic (exact) mass is 1320 g/mol. The highest BCUT2D eigenvalue weighted by Gasteiger charge is 2.44. The van der Waals surface area contributed by atoms with E-state index in [4.69, 9.17) is 18.9 Å². The second-order valence-electron chi connectivity index (χ2n) is 28.5. The fraction of sp³-hybridized carbons (Fsp3) is 0.550. The van der Waals surface area contributed by atoms with Gasteiger partial charge in [-0.05, 0) is 164 Å². The van der Waals surface area contributed by atoms with E-state index in [0.29, 0.717) is 95.5 Å². The maximum Gasteiger partial charge on any atom is 0.508 e. The Balaban J connectivity index is 1.24. The van der Waals surface area contributed by atoms with Crippen molar-refractivity contribution >= 4 is 69.4 Å². The Morgan fingerprint density at radius 3 is 1.12 bits per heavy atom. The molecule has 0 N–H and O–H groups in total. The van der Waals surface area contributed by atoms with Crippen LogP contribution in [0.15, 0.2) is 84.9 Å². The maximum atomic E-state index is 15.9. The summed E-state index contributed by atoms with van der Waals surface area (Å²) >= 11 is 3.29. The first-order chi connectivity index (χ1) is 45.0. The first-order valence-electron chi connectivity index (χ1n) is 35.5. The van der Waals surface area contributed by atoms with Crippen molar-refractivity contribution in [3.05, 3.63) is 139 Å². The molecular formula is C80H106N2O10S2. The number of nitrogens with zero attached hydrogens (tertiary/aromatic N) is 2. The molecule has 2 aliphatic heterocycles. The number of amides is 4. The molecule has 0 radical (unpaired) electrons. The number of thiophene rings is 2. The molecule has 0 atom stereocenters. The summed E-state index contributed by atoms with van der Waals surface area (Å²) in [4.78, 5) is 95.6. The number of carbonyl (C=O) groups is 6. The molecule has 2 aromatic heterocycles. The molecule has 14 heteroatoms. The Labute approximate surface area is 569 Å². The molecule has 6 aromatic rings. The van der Waals surface area contributed by atoms with Crippen molar-refractivity contribution in [1.29, 1.82) is 0 Å². The number of unbranched alkanes of at least 4 members (excludes halogenated alkanes) is 14. The normalized spacial score (nSPS) is 13.6. The molecule has 0 bridgehead atoms. The Hall–Kier alpha value is -6.64. The zero-order valence-corrected chi connectivity index (χ0v) is 60.3. The van der Waals surface area contributed by atoms with E-state index in [1.807, 2.05) is 52.0 Å². The maximum absolute atomic E-state index is 15.9. The number of hydrogen-bond donors (Lipinski definition) is 0. The van der Waals surface area contributed by atoms with Crippen molar-refractivity contribution in [2.24, 2.45) is 0 Å². The summed E-state index contributed by atoms with van der Waals surface area (Å²) in [5.41, 5.74) is 5.02. The average Bonchev–Trinajstić information content (AvgIpc) is 0.819. The number of imide groups is 2. The van der Waals surface area contributed by atoms with E-state index in [1.54, 1.807) is 22.7 Å².